The Bertz CT molecular complexity index is 1000. The highest BCUT2D eigenvalue weighted by Gasteiger charge is 2.14. The van der Waals surface area contributed by atoms with Crippen LogP contribution in [0.4, 0.5) is 0 Å². The molecule has 3 aromatic rings. The number of allylic oxidation sites excluding steroid dienone is 1. The molecule has 0 aliphatic rings. The first-order valence-corrected chi connectivity index (χ1v) is 10.2. The highest BCUT2D eigenvalue weighted by atomic mass is 32.2. The van der Waals surface area contributed by atoms with Gasteiger partial charge >= 0.3 is 0 Å². The van der Waals surface area contributed by atoms with E-state index in [0.717, 1.165) is 29.3 Å². The molecule has 7 nitrogen and oxygen atoms in total. The van der Waals surface area contributed by atoms with Gasteiger partial charge in [0.15, 0.2) is 11.0 Å². The number of nitrogens with zero attached hydrogens (tertiary/aromatic N) is 4. The lowest BCUT2D eigenvalue weighted by atomic mass is 10.1. The van der Waals surface area contributed by atoms with Gasteiger partial charge in [-0.2, -0.15) is 5.10 Å². The summed E-state index contributed by atoms with van der Waals surface area (Å²) in [6.45, 7) is 6.67. The standard InChI is InChI=1S/C21H23N5O2S/c1-4-26-20(17-9-7-15(2)8-10-17)24-25-21(26)29-14-19(27)23-22-13-16(3)12-18-6-5-11-28-18/h5-13H,4,14H2,1-3H3,(H,23,27). The van der Waals surface area contributed by atoms with Crippen molar-refractivity contribution in [1.29, 1.82) is 0 Å². The van der Waals surface area contributed by atoms with Gasteiger partial charge in [-0.25, -0.2) is 5.43 Å². The predicted molar refractivity (Wildman–Crippen MR) is 116 cm³/mol. The minimum Gasteiger partial charge on any atom is -0.465 e. The van der Waals surface area contributed by atoms with Gasteiger partial charge in [0, 0.05) is 12.1 Å². The number of hydrogen-bond acceptors (Lipinski definition) is 6. The van der Waals surface area contributed by atoms with Crippen molar-refractivity contribution in [2.24, 2.45) is 5.10 Å². The molecule has 0 spiro atoms. The minimum atomic E-state index is -0.209. The second-order valence-corrected chi connectivity index (χ2v) is 7.34. The second-order valence-electron chi connectivity index (χ2n) is 6.40. The SMILES string of the molecule is CCn1c(SCC(=O)NN=CC(C)=Cc2ccco2)nnc1-c1ccc(C)cc1. The maximum absolute atomic E-state index is 12.1. The number of rotatable bonds is 8. The summed E-state index contributed by atoms with van der Waals surface area (Å²) in [4.78, 5) is 12.1. The molecule has 29 heavy (non-hydrogen) atoms. The van der Waals surface area contributed by atoms with Crippen molar-refractivity contribution in [2.45, 2.75) is 32.5 Å². The van der Waals surface area contributed by atoms with Crippen LogP contribution >= 0.6 is 11.8 Å². The van der Waals surface area contributed by atoms with E-state index in [1.54, 1.807) is 12.5 Å². The third kappa shape index (κ3) is 5.68. The monoisotopic (exact) mass is 409 g/mol. The van der Waals surface area contributed by atoms with Gasteiger partial charge in [0.2, 0.25) is 0 Å². The summed E-state index contributed by atoms with van der Waals surface area (Å²) in [6.07, 6.45) is 5.02. The van der Waals surface area contributed by atoms with Crippen molar-refractivity contribution in [3.05, 3.63) is 59.6 Å². The number of hydrazone groups is 1. The highest BCUT2D eigenvalue weighted by Crippen LogP contribution is 2.24. The Morgan fingerprint density at radius 3 is 2.76 bits per heavy atom. The zero-order valence-corrected chi connectivity index (χ0v) is 17.4. The average molecular weight is 410 g/mol. The van der Waals surface area contributed by atoms with Crippen LogP contribution in [-0.4, -0.2) is 32.6 Å². The summed E-state index contributed by atoms with van der Waals surface area (Å²) in [5, 5.41) is 13.2. The second kappa shape index (κ2) is 9.88. The molecule has 1 amide bonds. The maximum atomic E-state index is 12.1. The Labute approximate surface area is 173 Å². The molecule has 0 saturated carbocycles. The third-order valence-corrected chi connectivity index (χ3v) is 5.01. The molecule has 2 aromatic heterocycles. The molecule has 0 aliphatic carbocycles. The van der Waals surface area contributed by atoms with Gasteiger partial charge < -0.3 is 8.98 Å². The van der Waals surface area contributed by atoms with Crippen LogP contribution in [0.5, 0.6) is 0 Å². The zero-order chi connectivity index (χ0) is 20.6. The number of nitrogens with one attached hydrogen (secondary N) is 1. The molecule has 0 atom stereocenters. The van der Waals surface area contributed by atoms with Gasteiger partial charge in [0.1, 0.15) is 5.76 Å². The van der Waals surface area contributed by atoms with E-state index in [9.17, 15) is 4.79 Å². The first kappa shape index (κ1) is 20.6. The molecule has 3 rings (SSSR count). The van der Waals surface area contributed by atoms with Gasteiger partial charge in [-0.15, -0.1) is 10.2 Å². The van der Waals surface area contributed by atoms with Crippen molar-refractivity contribution in [2.75, 3.05) is 5.75 Å². The smallest absolute Gasteiger partial charge is 0.250 e. The number of hydrogen-bond donors (Lipinski definition) is 1. The van der Waals surface area contributed by atoms with E-state index in [2.05, 4.69) is 20.7 Å². The van der Waals surface area contributed by atoms with Gasteiger partial charge in [-0.3, -0.25) is 4.79 Å². The fourth-order valence-corrected chi connectivity index (χ4v) is 3.39. The molecule has 150 valence electrons. The number of carbonyl (C=O) groups is 1. The van der Waals surface area contributed by atoms with Crippen LogP contribution in [0.1, 0.15) is 25.2 Å². The van der Waals surface area contributed by atoms with Crippen LogP contribution < -0.4 is 5.43 Å². The van der Waals surface area contributed by atoms with Crippen molar-refractivity contribution in [3.8, 4) is 11.4 Å². The Balaban J connectivity index is 1.56. The Morgan fingerprint density at radius 2 is 2.07 bits per heavy atom. The van der Waals surface area contributed by atoms with Gasteiger partial charge in [-0.05, 0) is 44.6 Å². The summed E-state index contributed by atoms with van der Waals surface area (Å²) in [6, 6.07) is 11.8. The quantitative estimate of drug-likeness (QED) is 0.343. The molecular formula is C21H23N5O2S. The van der Waals surface area contributed by atoms with Crippen LogP contribution in [-0.2, 0) is 11.3 Å². The summed E-state index contributed by atoms with van der Waals surface area (Å²) in [5.74, 6) is 1.52. The zero-order valence-electron chi connectivity index (χ0n) is 16.6. The van der Waals surface area contributed by atoms with Crippen molar-refractivity contribution >= 4 is 30.0 Å². The Kier molecular flexibility index (Phi) is 7.02. The molecule has 0 unspecified atom stereocenters. The van der Waals surface area contributed by atoms with Crippen LogP contribution in [0, 0.1) is 6.92 Å². The topological polar surface area (TPSA) is 85.3 Å². The summed E-state index contributed by atoms with van der Waals surface area (Å²) < 4.78 is 7.24. The van der Waals surface area contributed by atoms with E-state index in [1.807, 2.05) is 67.8 Å². The summed E-state index contributed by atoms with van der Waals surface area (Å²) in [5.41, 5.74) is 5.59. The van der Waals surface area contributed by atoms with E-state index in [0.29, 0.717) is 5.16 Å². The van der Waals surface area contributed by atoms with Crippen molar-refractivity contribution in [1.82, 2.24) is 20.2 Å². The van der Waals surface area contributed by atoms with E-state index < -0.39 is 0 Å². The van der Waals surface area contributed by atoms with Crippen LogP contribution in [0.15, 0.2) is 62.9 Å². The minimum absolute atomic E-state index is 0.199. The van der Waals surface area contributed by atoms with E-state index >= 15 is 0 Å². The van der Waals surface area contributed by atoms with Crippen molar-refractivity contribution in [3.63, 3.8) is 0 Å². The number of aromatic nitrogens is 3. The lowest BCUT2D eigenvalue weighted by Gasteiger charge is -2.07. The lowest BCUT2D eigenvalue weighted by Crippen LogP contribution is -2.20. The summed E-state index contributed by atoms with van der Waals surface area (Å²) >= 11 is 1.33. The Hall–Kier alpha value is -3.13. The van der Waals surface area contributed by atoms with Crippen LogP contribution in [0.3, 0.4) is 0 Å². The lowest BCUT2D eigenvalue weighted by molar-refractivity contribution is -0.118. The van der Waals surface area contributed by atoms with Crippen LogP contribution in [0.25, 0.3) is 17.5 Å². The first-order valence-electron chi connectivity index (χ1n) is 9.23. The third-order valence-electron chi connectivity index (χ3n) is 4.05. The molecule has 0 bridgehead atoms. The molecule has 8 heteroatoms. The molecule has 1 N–H and O–H groups in total. The number of aryl methyl sites for hydroxylation is 1. The molecular weight excluding hydrogens is 386 g/mol. The fourth-order valence-electron chi connectivity index (χ4n) is 2.60. The average Bonchev–Trinajstić information content (AvgIpc) is 3.36. The molecule has 0 radical (unpaired) electrons. The van der Waals surface area contributed by atoms with Crippen LogP contribution in [0.2, 0.25) is 0 Å². The van der Waals surface area contributed by atoms with E-state index in [-0.39, 0.29) is 11.7 Å². The molecule has 1 aromatic carbocycles. The molecule has 0 fully saturated rings. The van der Waals surface area contributed by atoms with Gasteiger partial charge in [0.25, 0.3) is 5.91 Å². The Morgan fingerprint density at radius 1 is 1.28 bits per heavy atom. The fraction of sp³-hybridized carbons (Fsp3) is 0.238. The highest BCUT2D eigenvalue weighted by molar-refractivity contribution is 7.99. The summed E-state index contributed by atoms with van der Waals surface area (Å²) in [7, 11) is 0. The number of carbonyl (C=O) groups excluding carboxylic acids is 1. The molecule has 0 aliphatic heterocycles. The number of thioether (sulfide) groups is 1. The number of amides is 1. The molecule has 2 heterocycles. The number of benzene rings is 1. The normalized spacial score (nSPS) is 11.9. The van der Waals surface area contributed by atoms with E-state index in [4.69, 9.17) is 4.42 Å². The first-order chi connectivity index (χ1) is 14.1. The predicted octanol–water partition coefficient (Wildman–Crippen LogP) is 4.16. The van der Waals surface area contributed by atoms with Crippen molar-refractivity contribution < 1.29 is 9.21 Å². The molecule has 0 saturated heterocycles. The largest absolute Gasteiger partial charge is 0.465 e. The number of furan rings is 1. The van der Waals surface area contributed by atoms with E-state index in [1.165, 1.54) is 17.3 Å². The maximum Gasteiger partial charge on any atom is 0.250 e. The van der Waals surface area contributed by atoms with Gasteiger partial charge in [-0.1, -0.05) is 41.6 Å². The van der Waals surface area contributed by atoms with Gasteiger partial charge in [0.05, 0.1) is 18.2 Å².